The van der Waals surface area contributed by atoms with E-state index in [4.69, 9.17) is 11.5 Å². The summed E-state index contributed by atoms with van der Waals surface area (Å²) in [5.41, 5.74) is 12.6. The largest absolute Gasteiger partial charge is 0.370 e. The smallest absolute Gasteiger partial charge is 0.246 e. The maximum absolute atomic E-state index is 14.4. The summed E-state index contributed by atoms with van der Waals surface area (Å²) in [6, 6.07) is -2.04. The average molecular weight is 1980 g/mol. The summed E-state index contributed by atoms with van der Waals surface area (Å²) in [5.74, 6) is -14.4. The van der Waals surface area contributed by atoms with Gasteiger partial charge in [0.1, 0.15) is 42.3 Å². The SMILES string of the molecule is CCCC[C@H](NC(=O)[C@H](CC(C)C)NC(=O)[C@H](Cc1c[nH]cn1)NC(=O)CNC(=O)[C@@H](NC(=O)[C@H](C)NC(=O)[C@H](Cc1c[nH]c2ccccc12)NC(=O)[C@H](CCC(N)=O)NC(=O)CCNC(=O)CCNC(=O)CCNC(=O)CCC(=O)NCCCCCN(O)C(=O)CCC(=O)NCCCCCN(O)C(=O)CCC(=O)NCCCCCN(O)C(=O)CCC(=O)NCCCCCN(O)C(C)=O)C(C)C)C(N)=O. The molecule has 0 radical (unpaired) electrons. The van der Waals surface area contributed by atoms with E-state index >= 15 is 0 Å². The van der Waals surface area contributed by atoms with Crippen LogP contribution in [0.4, 0.5) is 0 Å². The normalized spacial score (nSPS) is 12.5. The van der Waals surface area contributed by atoms with Crippen LogP contribution in [0.5, 0.6) is 0 Å². The van der Waals surface area contributed by atoms with Crippen LogP contribution in [0, 0.1) is 11.8 Å². The van der Waals surface area contributed by atoms with Gasteiger partial charge in [0.05, 0.1) is 18.6 Å². The summed E-state index contributed by atoms with van der Waals surface area (Å²) in [6.07, 6.45) is 9.07. The Bertz CT molecular complexity index is 4490. The average Bonchev–Trinajstić information content (AvgIpc) is 1.68. The number of H-pyrrole nitrogens is 2. The van der Waals surface area contributed by atoms with Gasteiger partial charge in [0.15, 0.2) is 0 Å². The number of para-hydroxylation sites is 1. The van der Waals surface area contributed by atoms with Crippen molar-refractivity contribution in [3.63, 3.8) is 0 Å². The molecule has 7 atom stereocenters. The van der Waals surface area contributed by atoms with Gasteiger partial charge in [0.2, 0.25) is 124 Å². The number of carbonyl (C=O) groups excluding carboxylic acids is 21. The van der Waals surface area contributed by atoms with E-state index in [0.717, 1.165) is 6.42 Å². The van der Waals surface area contributed by atoms with Crippen LogP contribution in [0.2, 0.25) is 0 Å². The lowest BCUT2D eigenvalue weighted by Crippen LogP contribution is -2.59. The van der Waals surface area contributed by atoms with Crippen molar-refractivity contribution in [3.05, 3.63) is 54.2 Å². The molecule has 0 spiro atoms. The molecule has 0 aliphatic heterocycles. The minimum absolute atomic E-state index is 0.00439. The lowest BCUT2D eigenvalue weighted by atomic mass is 10.0. The molecular formula is C91H148N24O25. The number of fused-ring (bicyclic) bond motifs is 1. The summed E-state index contributed by atoms with van der Waals surface area (Å²) in [6.45, 7) is 11.5. The van der Waals surface area contributed by atoms with Crippen molar-refractivity contribution in [2.75, 3.05) is 78.5 Å². The molecule has 0 bridgehead atoms. The van der Waals surface area contributed by atoms with Crippen molar-refractivity contribution in [1.29, 1.82) is 0 Å². The third-order valence-electron chi connectivity index (χ3n) is 22.0. The fourth-order valence-corrected chi connectivity index (χ4v) is 13.8. The minimum Gasteiger partial charge on any atom is -0.370 e. The van der Waals surface area contributed by atoms with Crippen LogP contribution >= 0.6 is 0 Å². The van der Waals surface area contributed by atoms with E-state index in [1.807, 2.05) is 20.8 Å². The van der Waals surface area contributed by atoms with E-state index in [0.29, 0.717) is 132 Å². The number of primary amides is 2. The topological polar surface area (TPSA) is 729 Å². The molecule has 0 aliphatic carbocycles. The molecule has 140 heavy (non-hydrogen) atoms. The molecule has 21 amide bonds. The number of nitrogens with one attached hydrogen (secondary N) is 17. The highest BCUT2D eigenvalue weighted by Gasteiger charge is 2.35. The summed E-state index contributed by atoms with van der Waals surface area (Å²) >= 11 is 0. The first-order valence-corrected chi connectivity index (χ1v) is 47.9. The number of rotatable bonds is 74. The van der Waals surface area contributed by atoms with E-state index < -0.39 is 179 Å². The van der Waals surface area contributed by atoms with Crippen LogP contribution in [-0.2, 0) is 114 Å². The maximum atomic E-state index is 14.4. The van der Waals surface area contributed by atoms with Crippen LogP contribution in [0.1, 0.15) is 246 Å². The Labute approximate surface area is 813 Å². The van der Waals surface area contributed by atoms with E-state index in [-0.39, 0.29) is 180 Å². The zero-order valence-electron chi connectivity index (χ0n) is 81.4. The van der Waals surface area contributed by atoms with Crippen LogP contribution in [-0.4, -0.2) is 301 Å². The van der Waals surface area contributed by atoms with Gasteiger partial charge in [-0.25, -0.2) is 25.2 Å². The number of imidazole rings is 1. The molecule has 25 N–H and O–H groups in total. The second-order valence-electron chi connectivity index (χ2n) is 34.7. The highest BCUT2D eigenvalue weighted by Crippen LogP contribution is 2.21. The number of nitrogens with two attached hydrogens (primary N) is 2. The number of hydrogen-bond acceptors (Lipinski definition) is 26. The number of hydrogen-bond donors (Lipinski definition) is 23. The lowest BCUT2D eigenvalue weighted by molar-refractivity contribution is -0.166. The highest BCUT2D eigenvalue weighted by atomic mass is 16.5. The molecule has 0 unspecified atom stereocenters. The third kappa shape index (κ3) is 53.0. The van der Waals surface area contributed by atoms with Crippen molar-refractivity contribution < 1.29 is 122 Å². The molecule has 0 aliphatic rings. The fourth-order valence-electron chi connectivity index (χ4n) is 13.8. The standard InChI is InChI=1S/C91H148N24O25/c1-8-9-25-66(85(93)130)108-89(134)68(51-58(2)3)109-90(135)70(53-63-55-94-57-104-63)107-80(126)56-103-91(136)84(59(4)5)111-86(131)60(6)105-88(133)69(52-62-54-102-65-26-15-14-24-64(62)65)110-87(132)67(27-28-71(92)117)106-79(125)39-46-101-78(124)38-45-100-77(123)37-44-99-73(119)30-29-72(118)95-40-17-11-21-48-113(138)82(128)35-32-75(121)97-42-19-13-23-50-115(140)83(129)36-33-76(122)98-43-18-12-22-49-114(139)81(127)34-31-74(120)96-41-16-10-20-47-112(137)61(7)116/h14-15,24,26,54-55,57-60,66-70,84,102,137-140H,8-13,16-23,25,27-53,56H2,1-7H3,(H2,92,117)(H2,93,130)(H,94,104)(H,95,118)(H,96,120)(H,97,121)(H,98,122)(H,99,119)(H,100,123)(H,101,124)(H,103,136)(H,105,133)(H,106,125)(H,107,126)(H,108,134)(H,109,135)(H,110,132)(H,111,131)/t60-,66-,67-,68-,69-,70-,84-/m0/s1. The van der Waals surface area contributed by atoms with Crippen molar-refractivity contribution in [3.8, 4) is 0 Å². The second kappa shape index (κ2) is 68.7. The molecule has 2 heterocycles. The first-order valence-electron chi connectivity index (χ1n) is 47.9. The van der Waals surface area contributed by atoms with Gasteiger partial charge in [-0.15, -0.1) is 0 Å². The molecule has 49 nitrogen and oxygen atoms in total. The molecule has 3 rings (SSSR count). The Balaban J connectivity index is 1.31. The molecule has 0 saturated carbocycles. The van der Waals surface area contributed by atoms with E-state index in [9.17, 15) is 122 Å². The molecule has 782 valence electrons. The number of unbranched alkanes of at least 4 members (excludes halogenated alkanes) is 9. The zero-order valence-corrected chi connectivity index (χ0v) is 81.4. The van der Waals surface area contributed by atoms with E-state index in [2.05, 4.69) is 94.7 Å². The molecule has 2 aromatic heterocycles. The predicted molar refractivity (Wildman–Crippen MR) is 505 cm³/mol. The number of benzene rings is 1. The lowest BCUT2D eigenvalue weighted by Gasteiger charge is -2.26. The van der Waals surface area contributed by atoms with Gasteiger partial charge in [-0.2, -0.15) is 0 Å². The first kappa shape index (κ1) is 121. The Morgan fingerprint density at radius 1 is 0.379 bits per heavy atom. The summed E-state index contributed by atoms with van der Waals surface area (Å²) < 4.78 is 0. The van der Waals surface area contributed by atoms with Crippen molar-refractivity contribution in [1.82, 2.24) is 115 Å². The van der Waals surface area contributed by atoms with Gasteiger partial charge < -0.3 is 101 Å². The highest BCUT2D eigenvalue weighted by molar-refractivity contribution is 5.99. The number of hydroxylamine groups is 8. The Morgan fingerprint density at radius 2 is 0.786 bits per heavy atom. The number of aromatic nitrogens is 3. The number of amides is 21. The molecule has 0 fully saturated rings. The summed E-state index contributed by atoms with van der Waals surface area (Å²) in [4.78, 5) is 280. The zero-order chi connectivity index (χ0) is 104. The number of aromatic amines is 2. The van der Waals surface area contributed by atoms with Crippen molar-refractivity contribution in [2.24, 2.45) is 23.3 Å². The van der Waals surface area contributed by atoms with Crippen LogP contribution in [0.25, 0.3) is 10.9 Å². The van der Waals surface area contributed by atoms with Crippen molar-refractivity contribution in [2.45, 2.75) is 290 Å². The van der Waals surface area contributed by atoms with Gasteiger partial charge in [-0.05, 0) is 127 Å². The van der Waals surface area contributed by atoms with Gasteiger partial charge in [0, 0.05) is 192 Å². The van der Waals surface area contributed by atoms with Crippen LogP contribution < -0.4 is 91.2 Å². The second-order valence-corrected chi connectivity index (χ2v) is 34.7. The summed E-state index contributed by atoms with van der Waals surface area (Å²) in [7, 11) is 0. The van der Waals surface area contributed by atoms with Gasteiger partial charge in [0.25, 0.3) is 0 Å². The van der Waals surface area contributed by atoms with Gasteiger partial charge in [-0.1, -0.05) is 65.7 Å². The monoisotopic (exact) mass is 1980 g/mol. The molecule has 3 aromatic rings. The van der Waals surface area contributed by atoms with E-state index in [1.165, 1.54) is 26.4 Å². The van der Waals surface area contributed by atoms with E-state index in [1.54, 1.807) is 44.3 Å². The molecule has 49 heteroatoms. The van der Waals surface area contributed by atoms with Gasteiger partial charge in [-0.3, -0.25) is 122 Å². The minimum atomic E-state index is -1.47. The van der Waals surface area contributed by atoms with Gasteiger partial charge >= 0.3 is 0 Å². The van der Waals surface area contributed by atoms with Crippen LogP contribution in [0.15, 0.2) is 43.0 Å². The fraction of sp³-hybridized carbons (Fsp3) is 0.648. The third-order valence-corrected chi connectivity index (χ3v) is 22.0. The molecular weight excluding hydrogens is 1830 g/mol. The Kier molecular flexibility index (Phi) is 59.3. The quantitative estimate of drug-likeness (QED) is 0.0174. The molecule has 1 aromatic carbocycles. The first-order chi connectivity index (χ1) is 66.6. The number of nitrogens with zero attached hydrogens (tertiary/aromatic N) is 5. The predicted octanol–water partition coefficient (Wildman–Crippen LogP) is -1.47. The maximum Gasteiger partial charge on any atom is 0.246 e. The summed E-state index contributed by atoms with van der Waals surface area (Å²) in [5, 5.41) is 81.7. The van der Waals surface area contributed by atoms with Crippen molar-refractivity contribution >= 4 is 135 Å². The number of carbonyl (C=O) groups is 21. The Morgan fingerprint density at radius 3 is 1.23 bits per heavy atom. The molecule has 0 saturated heterocycles. The Hall–Kier alpha value is -13.3. The van der Waals surface area contributed by atoms with Crippen LogP contribution in [0.3, 0.4) is 0 Å².